The van der Waals surface area contributed by atoms with Gasteiger partial charge in [-0.3, -0.25) is 9.67 Å². The smallest absolute Gasteiger partial charge is 0.199 e. The molecule has 0 fully saturated rings. The predicted octanol–water partition coefficient (Wildman–Crippen LogP) is 5.39. The molecule has 26 heavy (non-hydrogen) atoms. The molecule has 0 saturated carbocycles. The zero-order chi connectivity index (χ0) is 18.1. The largest absolute Gasteiger partial charge is 0.271 e. The van der Waals surface area contributed by atoms with Crippen LogP contribution in [0.5, 0.6) is 0 Å². The lowest BCUT2D eigenvalue weighted by molar-refractivity contribution is 0.947. The predicted molar refractivity (Wildman–Crippen MR) is 110 cm³/mol. The highest BCUT2D eigenvalue weighted by molar-refractivity contribution is 7.98. The number of fused-ring (bicyclic) bond motifs is 1. The normalized spacial score (nSPS) is 11.2. The van der Waals surface area contributed by atoms with Crippen LogP contribution >= 0.6 is 24.0 Å². The third-order valence-corrected chi connectivity index (χ3v) is 5.51. The Morgan fingerprint density at radius 3 is 2.65 bits per heavy atom. The van der Waals surface area contributed by atoms with Crippen molar-refractivity contribution < 1.29 is 0 Å². The van der Waals surface area contributed by atoms with Crippen molar-refractivity contribution >= 4 is 34.9 Å². The Bertz CT molecular complexity index is 1130. The maximum Gasteiger partial charge on any atom is 0.199 e. The number of thioether (sulfide) groups is 1. The van der Waals surface area contributed by atoms with Crippen LogP contribution in [0.25, 0.3) is 16.6 Å². The van der Waals surface area contributed by atoms with E-state index < -0.39 is 0 Å². The number of H-pyrrole nitrogens is 1. The zero-order valence-electron chi connectivity index (χ0n) is 14.6. The second kappa shape index (κ2) is 7.05. The van der Waals surface area contributed by atoms with E-state index in [0.29, 0.717) is 10.5 Å². The molecule has 0 aliphatic heterocycles. The van der Waals surface area contributed by atoms with Crippen molar-refractivity contribution in [3.8, 4) is 5.69 Å². The van der Waals surface area contributed by atoms with Crippen molar-refractivity contribution in [1.29, 1.82) is 0 Å². The van der Waals surface area contributed by atoms with Crippen LogP contribution in [0.1, 0.15) is 17.0 Å². The van der Waals surface area contributed by atoms with Gasteiger partial charge >= 0.3 is 0 Å². The summed E-state index contributed by atoms with van der Waals surface area (Å²) in [5, 5.41) is 9.52. The summed E-state index contributed by atoms with van der Waals surface area (Å²) in [5.74, 6) is 1.57. The molecule has 1 N–H and O–H groups in total. The van der Waals surface area contributed by atoms with Crippen molar-refractivity contribution in [2.24, 2.45) is 0 Å². The Morgan fingerprint density at radius 1 is 1.04 bits per heavy atom. The lowest BCUT2D eigenvalue weighted by atomic mass is 10.1. The molecular weight excluding hydrogens is 360 g/mol. The van der Waals surface area contributed by atoms with Crippen LogP contribution in [-0.2, 0) is 5.75 Å². The number of hydrogen-bond donors (Lipinski definition) is 1. The minimum absolute atomic E-state index is 0.602. The number of para-hydroxylation sites is 2. The third kappa shape index (κ3) is 3.18. The average Bonchev–Trinajstić information content (AvgIpc) is 3.02. The molecule has 0 spiro atoms. The molecule has 0 bridgehead atoms. The van der Waals surface area contributed by atoms with Crippen LogP contribution in [0.15, 0.2) is 59.6 Å². The van der Waals surface area contributed by atoms with E-state index in [1.165, 1.54) is 16.5 Å². The molecule has 4 nitrogen and oxygen atoms in total. The molecule has 2 aromatic heterocycles. The van der Waals surface area contributed by atoms with E-state index in [2.05, 4.69) is 48.3 Å². The Balaban J connectivity index is 1.66. The van der Waals surface area contributed by atoms with Gasteiger partial charge in [-0.15, -0.1) is 0 Å². The van der Waals surface area contributed by atoms with Crippen LogP contribution in [-0.4, -0.2) is 19.7 Å². The highest BCUT2D eigenvalue weighted by atomic mass is 32.2. The molecule has 0 aliphatic rings. The van der Waals surface area contributed by atoms with Gasteiger partial charge in [-0.1, -0.05) is 48.2 Å². The molecule has 6 heteroatoms. The fraction of sp³-hybridized carbons (Fsp3) is 0.150. The fourth-order valence-corrected chi connectivity index (χ4v) is 4.16. The van der Waals surface area contributed by atoms with Crippen LogP contribution < -0.4 is 0 Å². The summed E-state index contributed by atoms with van der Waals surface area (Å²) in [7, 11) is 0. The first-order chi connectivity index (χ1) is 12.6. The number of nitrogens with one attached hydrogen (secondary N) is 1. The first kappa shape index (κ1) is 17.0. The molecule has 0 amide bonds. The fourth-order valence-electron chi connectivity index (χ4n) is 3.01. The first-order valence-electron chi connectivity index (χ1n) is 8.35. The van der Waals surface area contributed by atoms with E-state index in [-0.39, 0.29) is 0 Å². The maximum atomic E-state index is 5.41. The van der Waals surface area contributed by atoms with Gasteiger partial charge in [0.1, 0.15) is 5.82 Å². The van der Waals surface area contributed by atoms with E-state index in [1.807, 2.05) is 34.9 Å². The van der Waals surface area contributed by atoms with Crippen LogP contribution in [0.2, 0.25) is 0 Å². The van der Waals surface area contributed by atoms with Gasteiger partial charge in [-0.25, -0.2) is 4.98 Å². The molecule has 0 saturated heterocycles. The van der Waals surface area contributed by atoms with Gasteiger partial charge in [0.15, 0.2) is 4.77 Å². The van der Waals surface area contributed by atoms with Gasteiger partial charge in [-0.2, -0.15) is 5.10 Å². The van der Waals surface area contributed by atoms with Crippen molar-refractivity contribution in [2.75, 3.05) is 0 Å². The van der Waals surface area contributed by atoms with E-state index in [9.17, 15) is 0 Å². The molecule has 2 heterocycles. The molecular formula is C20H18N4S2. The minimum atomic E-state index is 0.602. The summed E-state index contributed by atoms with van der Waals surface area (Å²) in [4.78, 5) is 4.85. The number of pyridine rings is 1. The molecule has 0 unspecified atom stereocenters. The van der Waals surface area contributed by atoms with E-state index >= 15 is 0 Å². The Morgan fingerprint density at radius 2 is 1.85 bits per heavy atom. The van der Waals surface area contributed by atoms with E-state index in [1.54, 1.807) is 11.8 Å². The van der Waals surface area contributed by atoms with E-state index in [0.717, 1.165) is 22.1 Å². The number of benzene rings is 2. The zero-order valence-corrected chi connectivity index (χ0v) is 16.2. The van der Waals surface area contributed by atoms with Crippen molar-refractivity contribution in [2.45, 2.75) is 24.6 Å². The monoisotopic (exact) mass is 378 g/mol. The summed E-state index contributed by atoms with van der Waals surface area (Å²) in [6.45, 7) is 4.23. The minimum Gasteiger partial charge on any atom is -0.271 e. The number of rotatable bonds is 4. The number of aromatic nitrogens is 4. The van der Waals surface area contributed by atoms with Crippen LogP contribution in [0, 0.1) is 18.6 Å². The maximum absolute atomic E-state index is 5.41. The quantitative estimate of drug-likeness (QED) is 0.382. The summed E-state index contributed by atoms with van der Waals surface area (Å²) >= 11 is 7.08. The van der Waals surface area contributed by atoms with Gasteiger partial charge in [0, 0.05) is 11.1 Å². The van der Waals surface area contributed by atoms with Crippen molar-refractivity contribution in [3.05, 3.63) is 76.3 Å². The Hall–Kier alpha value is -2.44. The average molecular weight is 379 g/mol. The molecule has 4 rings (SSSR count). The molecule has 130 valence electrons. The molecule has 0 aliphatic carbocycles. The topological polar surface area (TPSA) is 46.5 Å². The lowest BCUT2D eigenvalue weighted by Gasteiger charge is -2.09. The van der Waals surface area contributed by atoms with Gasteiger partial charge in [0.05, 0.1) is 16.3 Å². The Kier molecular flexibility index (Phi) is 4.61. The number of nitrogens with zero attached hydrogens (tertiary/aromatic N) is 3. The number of hydrogen-bond acceptors (Lipinski definition) is 4. The van der Waals surface area contributed by atoms with Gasteiger partial charge in [0.25, 0.3) is 0 Å². The lowest BCUT2D eigenvalue weighted by Crippen LogP contribution is -2.00. The summed E-state index contributed by atoms with van der Waals surface area (Å²) < 4.78 is 2.58. The SMILES string of the molecule is Cc1cc(SCc2n[nH]c(=S)n2-c2ccccc2)nc2c(C)cccc12. The van der Waals surface area contributed by atoms with Crippen LogP contribution in [0.3, 0.4) is 0 Å². The second-order valence-corrected chi connectivity index (χ2v) is 7.54. The number of aromatic amines is 1. The number of aryl methyl sites for hydroxylation is 2. The third-order valence-electron chi connectivity index (χ3n) is 4.33. The van der Waals surface area contributed by atoms with Gasteiger partial charge in [0.2, 0.25) is 0 Å². The summed E-state index contributed by atoms with van der Waals surface area (Å²) in [6.07, 6.45) is 0. The Labute approximate surface area is 161 Å². The second-order valence-electron chi connectivity index (χ2n) is 6.15. The molecule has 0 radical (unpaired) electrons. The molecule has 2 aromatic carbocycles. The van der Waals surface area contributed by atoms with Crippen LogP contribution in [0.4, 0.5) is 0 Å². The molecule has 0 atom stereocenters. The van der Waals surface area contributed by atoms with Gasteiger partial charge in [-0.05, 0) is 55.4 Å². The van der Waals surface area contributed by atoms with E-state index in [4.69, 9.17) is 17.2 Å². The molecule has 4 aromatic rings. The highest BCUT2D eigenvalue weighted by Gasteiger charge is 2.11. The summed E-state index contributed by atoms with van der Waals surface area (Å²) in [6, 6.07) is 18.5. The van der Waals surface area contributed by atoms with Gasteiger partial charge < -0.3 is 0 Å². The van der Waals surface area contributed by atoms with Crippen molar-refractivity contribution in [3.63, 3.8) is 0 Å². The van der Waals surface area contributed by atoms with Crippen molar-refractivity contribution in [1.82, 2.24) is 19.7 Å². The highest BCUT2D eigenvalue weighted by Crippen LogP contribution is 2.27. The standard InChI is InChI=1S/C20H18N4S2/c1-13-7-6-10-16-14(2)11-18(21-19(13)16)26-12-17-22-23-20(25)24(17)15-8-4-3-5-9-15/h3-11H,12H2,1-2H3,(H,23,25). The summed E-state index contributed by atoms with van der Waals surface area (Å²) in [5.41, 5.74) is 4.51. The first-order valence-corrected chi connectivity index (χ1v) is 9.74.